The number of thioether (sulfide) groups is 1. The number of benzene rings is 1. The molecule has 0 N–H and O–H groups in total. The number of hydrogen-bond acceptors (Lipinski definition) is 7. The zero-order valence-corrected chi connectivity index (χ0v) is 13.0. The molecule has 1 aromatic heterocycles. The van der Waals surface area contributed by atoms with E-state index in [2.05, 4.69) is 15.5 Å². The van der Waals surface area contributed by atoms with Crippen molar-refractivity contribution in [1.82, 2.24) is 20.2 Å². The lowest BCUT2D eigenvalue weighted by Gasteiger charge is -2.13. The third kappa shape index (κ3) is 4.16. The van der Waals surface area contributed by atoms with Crippen molar-refractivity contribution in [2.45, 2.75) is 23.7 Å². The maximum atomic E-state index is 5.33. The fourth-order valence-corrected chi connectivity index (χ4v) is 2.64. The highest BCUT2D eigenvalue weighted by atomic mass is 32.2. The Kier molecular flexibility index (Phi) is 5.97. The van der Waals surface area contributed by atoms with E-state index in [1.54, 1.807) is 26.0 Å². The van der Waals surface area contributed by atoms with Gasteiger partial charge in [-0.1, -0.05) is 30.0 Å². The van der Waals surface area contributed by atoms with Crippen LogP contribution in [0.1, 0.15) is 5.56 Å². The van der Waals surface area contributed by atoms with Crippen molar-refractivity contribution >= 4 is 11.8 Å². The van der Waals surface area contributed by atoms with Crippen LogP contribution in [0, 0.1) is 0 Å². The van der Waals surface area contributed by atoms with Gasteiger partial charge in [-0.05, 0) is 16.5 Å². The van der Waals surface area contributed by atoms with Gasteiger partial charge in [0.05, 0.1) is 13.7 Å². The molecule has 0 aliphatic heterocycles. The molecule has 0 aliphatic carbocycles. The van der Waals surface area contributed by atoms with Crippen molar-refractivity contribution in [3.63, 3.8) is 0 Å². The molecule has 7 nitrogen and oxygen atoms in total. The van der Waals surface area contributed by atoms with Crippen LogP contribution < -0.4 is 4.74 Å². The Morgan fingerprint density at radius 2 is 1.95 bits per heavy atom. The summed E-state index contributed by atoms with van der Waals surface area (Å²) in [5.74, 6) is 1.57. The zero-order chi connectivity index (χ0) is 15.1. The Morgan fingerprint density at radius 1 is 1.19 bits per heavy atom. The molecule has 1 heterocycles. The van der Waals surface area contributed by atoms with Crippen molar-refractivity contribution in [2.24, 2.45) is 0 Å². The van der Waals surface area contributed by atoms with Gasteiger partial charge in [0.25, 0.3) is 0 Å². The van der Waals surface area contributed by atoms with Crippen molar-refractivity contribution in [2.75, 3.05) is 21.3 Å². The number of methoxy groups -OCH3 is 3. The second-order valence-electron chi connectivity index (χ2n) is 4.15. The first-order valence-corrected chi connectivity index (χ1v) is 7.33. The highest BCUT2D eigenvalue weighted by molar-refractivity contribution is 7.98. The van der Waals surface area contributed by atoms with Gasteiger partial charge >= 0.3 is 0 Å². The highest BCUT2D eigenvalue weighted by Gasteiger charge is 2.13. The number of ether oxygens (including phenoxy) is 3. The maximum Gasteiger partial charge on any atom is 0.209 e. The molecular formula is C13H18N4O3S. The van der Waals surface area contributed by atoms with Crippen molar-refractivity contribution in [3.05, 3.63) is 29.8 Å². The van der Waals surface area contributed by atoms with Gasteiger partial charge in [0.1, 0.15) is 5.75 Å². The van der Waals surface area contributed by atoms with Crippen LogP contribution in [0.4, 0.5) is 0 Å². The standard InChI is InChI=1S/C13H18N4O3S/c1-18-11-7-5-4-6-10(11)9-21-13-14-15-16-17(13)8-12(19-2)20-3/h4-7,12H,8-9H2,1-3H3. The summed E-state index contributed by atoms with van der Waals surface area (Å²) in [6.45, 7) is 0.439. The number of hydrogen-bond donors (Lipinski definition) is 0. The fraction of sp³-hybridized carbons (Fsp3) is 0.462. The Morgan fingerprint density at radius 3 is 2.67 bits per heavy atom. The third-order valence-corrected chi connectivity index (χ3v) is 3.90. The van der Waals surface area contributed by atoms with E-state index in [4.69, 9.17) is 14.2 Å². The van der Waals surface area contributed by atoms with Gasteiger partial charge in [0.2, 0.25) is 5.16 Å². The summed E-state index contributed by atoms with van der Waals surface area (Å²) >= 11 is 1.54. The van der Waals surface area contributed by atoms with Crippen LogP contribution in [0.2, 0.25) is 0 Å². The Hall–Kier alpha value is -1.64. The quantitative estimate of drug-likeness (QED) is 0.541. The van der Waals surface area contributed by atoms with Crippen molar-refractivity contribution < 1.29 is 14.2 Å². The molecule has 0 bridgehead atoms. The largest absolute Gasteiger partial charge is 0.496 e. The lowest BCUT2D eigenvalue weighted by Crippen LogP contribution is -2.21. The first-order chi connectivity index (χ1) is 10.3. The number of para-hydroxylation sites is 1. The molecule has 114 valence electrons. The van der Waals surface area contributed by atoms with E-state index < -0.39 is 0 Å². The van der Waals surface area contributed by atoms with E-state index in [-0.39, 0.29) is 6.29 Å². The topological polar surface area (TPSA) is 71.3 Å². The molecule has 0 amide bonds. The minimum Gasteiger partial charge on any atom is -0.496 e. The molecule has 0 fully saturated rings. The molecule has 0 radical (unpaired) electrons. The molecule has 1 aromatic carbocycles. The van der Waals surface area contributed by atoms with Gasteiger partial charge < -0.3 is 14.2 Å². The summed E-state index contributed by atoms with van der Waals surface area (Å²) in [7, 11) is 4.83. The molecule has 0 saturated carbocycles. The van der Waals surface area contributed by atoms with Crippen LogP contribution >= 0.6 is 11.8 Å². The molecule has 21 heavy (non-hydrogen) atoms. The van der Waals surface area contributed by atoms with Crippen LogP contribution in [-0.2, 0) is 21.8 Å². The monoisotopic (exact) mass is 310 g/mol. The summed E-state index contributed by atoms with van der Waals surface area (Å²) in [4.78, 5) is 0. The first kappa shape index (κ1) is 15.7. The first-order valence-electron chi connectivity index (χ1n) is 6.35. The molecular weight excluding hydrogens is 292 g/mol. The predicted molar refractivity (Wildman–Crippen MR) is 78.2 cm³/mol. The van der Waals surface area contributed by atoms with Crippen LogP contribution in [0.25, 0.3) is 0 Å². The fourth-order valence-electron chi connectivity index (χ4n) is 1.77. The average molecular weight is 310 g/mol. The van der Waals surface area contributed by atoms with E-state index in [1.165, 1.54) is 11.8 Å². The van der Waals surface area contributed by atoms with Crippen LogP contribution in [0.5, 0.6) is 5.75 Å². The Bertz CT molecular complexity index is 560. The highest BCUT2D eigenvalue weighted by Crippen LogP contribution is 2.26. The van der Waals surface area contributed by atoms with E-state index in [0.717, 1.165) is 17.1 Å². The Labute approximate surface area is 127 Å². The van der Waals surface area contributed by atoms with Gasteiger partial charge in [-0.2, -0.15) is 0 Å². The van der Waals surface area contributed by atoms with E-state index in [9.17, 15) is 0 Å². The van der Waals surface area contributed by atoms with Crippen LogP contribution in [0.15, 0.2) is 29.4 Å². The number of rotatable bonds is 8. The van der Waals surface area contributed by atoms with Crippen molar-refractivity contribution in [1.29, 1.82) is 0 Å². The molecule has 0 spiro atoms. The second kappa shape index (κ2) is 7.96. The zero-order valence-electron chi connectivity index (χ0n) is 12.2. The third-order valence-electron chi connectivity index (χ3n) is 2.90. The molecule has 2 aromatic rings. The van der Waals surface area contributed by atoms with Gasteiger partial charge in [-0.25, -0.2) is 4.68 Å². The molecule has 8 heteroatoms. The predicted octanol–water partition coefficient (Wildman–Crippen LogP) is 1.59. The van der Waals surface area contributed by atoms with Crippen LogP contribution in [-0.4, -0.2) is 47.8 Å². The summed E-state index contributed by atoms with van der Waals surface area (Å²) in [6.07, 6.45) is -0.376. The molecule has 0 aliphatic rings. The average Bonchev–Trinajstić information content (AvgIpc) is 2.97. The minimum atomic E-state index is -0.376. The lowest BCUT2D eigenvalue weighted by molar-refractivity contribution is -0.113. The smallest absolute Gasteiger partial charge is 0.209 e. The van der Waals surface area contributed by atoms with Gasteiger partial charge in [-0.15, -0.1) is 5.10 Å². The second-order valence-corrected chi connectivity index (χ2v) is 5.09. The van der Waals surface area contributed by atoms with E-state index in [1.807, 2.05) is 24.3 Å². The summed E-state index contributed by atoms with van der Waals surface area (Å²) in [6, 6.07) is 7.88. The van der Waals surface area contributed by atoms with Gasteiger partial charge in [-0.3, -0.25) is 0 Å². The summed E-state index contributed by atoms with van der Waals surface area (Å²) in [5.41, 5.74) is 1.09. The lowest BCUT2D eigenvalue weighted by atomic mass is 10.2. The normalized spacial score (nSPS) is 11.0. The SMILES string of the molecule is COc1ccccc1CSc1nnnn1CC(OC)OC. The molecule has 0 atom stereocenters. The summed E-state index contributed by atoms with van der Waals surface area (Å²) < 4.78 is 17.3. The van der Waals surface area contributed by atoms with E-state index >= 15 is 0 Å². The van der Waals surface area contributed by atoms with Gasteiger partial charge in [0, 0.05) is 25.5 Å². The Balaban J connectivity index is 2.02. The molecule has 0 saturated heterocycles. The number of aromatic nitrogens is 4. The van der Waals surface area contributed by atoms with E-state index in [0.29, 0.717) is 11.7 Å². The minimum absolute atomic E-state index is 0.376. The molecule has 0 unspecified atom stereocenters. The van der Waals surface area contributed by atoms with Crippen molar-refractivity contribution in [3.8, 4) is 5.75 Å². The number of tetrazole rings is 1. The molecule has 2 rings (SSSR count). The number of nitrogens with zero attached hydrogens (tertiary/aromatic N) is 4. The van der Waals surface area contributed by atoms with Crippen LogP contribution in [0.3, 0.4) is 0 Å². The maximum absolute atomic E-state index is 5.33. The summed E-state index contributed by atoms with van der Waals surface area (Å²) in [5, 5.41) is 12.4. The van der Waals surface area contributed by atoms with Gasteiger partial charge in [0.15, 0.2) is 6.29 Å².